The minimum absolute atomic E-state index is 0.0793. The molecule has 5 nitrogen and oxygen atoms in total. The zero-order chi connectivity index (χ0) is 15.7. The van der Waals surface area contributed by atoms with Crippen LogP contribution in [0.5, 0.6) is 0 Å². The van der Waals surface area contributed by atoms with Crippen LogP contribution in [0.25, 0.3) is 0 Å². The summed E-state index contributed by atoms with van der Waals surface area (Å²) in [4.78, 5) is 20.5. The van der Waals surface area contributed by atoms with E-state index < -0.39 is 0 Å². The number of pyridine rings is 2. The highest BCUT2D eigenvalue weighted by Gasteiger charge is 2.45. The number of aryl methyl sites for hydroxylation is 1. The number of nitrogens with zero attached hydrogens (tertiary/aromatic N) is 2. The fourth-order valence-corrected chi connectivity index (χ4v) is 2.88. The standard InChI is InChI=1S/C16H16ClN3O2/c1-9-2-3-11(15(17)19-9)12-6-13(12)16(22)20-14-7-18-5-4-10(14)8-21/h2-5,7,12-13,21H,6,8H2,1H3,(H,20,22)/t12-,13+/m0/s1. The molecule has 2 aromatic heterocycles. The molecule has 2 heterocycles. The zero-order valence-electron chi connectivity index (χ0n) is 12.1. The van der Waals surface area contributed by atoms with Crippen LogP contribution in [-0.2, 0) is 11.4 Å². The van der Waals surface area contributed by atoms with Crippen molar-refractivity contribution in [3.8, 4) is 0 Å². The molecule has 114 valence electrons. The molecule has 0 unspecified atom stereocenters. The number of amides is 1. The van der Waals surface area contributed by atoms with Gasteiger partial charge in [-0.05, 0) is 37.0 Å². The maximum absolute atomic E-state index is 12.3. The Balaban J connectivity index is 1.70. The Bertz CT molecular complexity index is 720. The molecule has 1 saturated carbocycles. The van der Waals surface area contributed by atoms with Crippen molar-refractivity contribution in [2.75, 3.05) is 5.32 Å². The average molecular weight is 318 g/mol. The highest BCUT2D eigenvalue weighted by Crippen LogP contribution is 2.49. The number of hydrogen-bond acceptors (Lipinski definition) is 4. The number of carbonyl (C=O) groups is 1. The minimum Gasteiger partial charge on any atom is -0.392 e. The molecule has 0 saturated heterocycles. The number of aromatic nitrogens is 2. The van der Waals surface area contributed by atoms with Crippen molar-refractivity contribution in [1.29, 1.82) is 0 Å². The first-order valence-electron chi connectivity index (χ1n) is 7.08. The molecule has 1 aliphatic rings. The highest BCUT2D eigenvalue weighted by molar-refractivity contribution is 6.30. The molecule has 0 spiro atoms. The number of halogens is 1. The van der Waals surface area contributed by atoms with Crippen molar-refractivity contribution in [2.45, 2.75) is 25.9 Å². The van der Waals surface area contributed by atoms with E-state index in [4.69, 9.17) is 11.6 Å². The van der Waals surface area contributed by atoms with Crippen LogP contribution < -0.4 is 5.32 Å². The molecular formula is C16H16ClN3O2. The van der Waals surface area contributed by atoms with E-state index in [2.05, 4.69) is 15.3 Å². The van der Waals surface area contributed by atoms with Crippen molar-refractivity contribution in [3.63, 3.8) is 0 Å². The summed E-state index contributed by atoms with van der Waals surface area (Å²) in [6.07, 6.45) is 3.88. The molecule has 22 heavy (non-hydrogen) atoms. The van der Waals surface area contributed by atoms with E-state index in [1.54, 1.807) is 18.5 Å². The first-order valence-corrected chi connectivity index (χ1v) is 7.45. The summed E-state index contributed by atoms with van der Waals surface area (Å²) in [5, 5.41) is 12.6. The predicted octanol–water partition coefficient (Wildman–Crippen LogP) is 2.67. The molecule has 6 heteroatoms. The van der Waals surface area contributed by atoms with E-state index in [1.165, 1.54) is 0 Å². The van der Waals surface area contributed by atoms with E-state index in [9.17, 15) is 9.90 Å². The Morgan fingerprint density at radius 1 is 1.45 bits per heavy atom. The Hall–Kier alpha value is -1.98. The van der Waals surface area contributed by atoms with Crippen LogP contribution in [0.1, 0.15) is 29.2 Å². The van der Waals surface area contributed by atoms with Crippen LogP contribution in [0, 0.1) is 12.8 Å². The largest absolute Gasteiger partial charge is 0.392 e. The molecule has 2 aromatic rings. The minimum atomic E-state index is -0.139. The number of nitrogens with one attached hydrogen (secondary N) is 1. The Kier molecular flexibility index (Phi) is 4.09. The van der Waals surface area contributed by atoms with Gasteiger partial charge in [-0.25, -0.2) is 4.98 Å². The molecule has 0 aliphatic heterocycles. The summed E-state index contributed by atoms with van der Waals surface area (Å²) in [6, 6.07) is 5.52. The first-order chi connectivity index (χ1) is 10.6. The number of aliphatic hydroxyl groups is 1. The second kappa shape index (κ2) is 6.02. The number of aliphatic hydroxyl groups excluding tert-OH is 1. The first kappa shape index (κ1) is 14.9. The number of anilines is 1. The van der Waals surface area contributed by atoms with Gasteiger partial charge in [0.2, 0.25) is 5.91 Å². The molecule has 0 radical (unpaired) electrons. The van der Waals surface area contributed by atoms with Gasteiger partial charge in [0.25, 0.3) is 0 Å². The molecule has 0 aromatic carbocycles. The monoisotopic (exact) mass is 317 g/mol. The topological polar surface area (TPSA) is 75.1 Å². The third-order valence-electron chi connectivity index (χ3n) is 3.88. The van der Waals surface area contributed by atoms with Crippen LogP contribution >= 0.6 is 11.6 Å². The van der Waals surface area contributed by atoms with Gasteiger partial charge in [0.05, 0.1) is 18.5 Å². The fourth-order valence-electron chi connectivity index (χ4n) is 2.54. The van der Waals surface area contributed by atoms with Gasteiger partial charge in [0.15, 0.2) is 0 Å². The van der Waals surface area contributed by atoms with Crippen molar-refractivity contribution in [3.05, 3.63) is 52.6 Å². The van der Waals surface area contributed by atoms with Gasteiger partial charge in [-0.3, -0.25) is 9.78 Å². The van der Waals surface area contributed by atoms with Gasteiger partial charge in [-0.2, -0.15) is 0 Å². The van der Waals surface area contributed by atoms with Gasteiger partial charge < -0.3 is 10.4 Å². The predicted molar refractivity (Wildman–Crippen MR) is 83.6 cm³/mol. The molecule has 1 aliphatic carbocycles. The molecule has 0 bridgehead atoms. The van der Waals surface area contributed by atoms with E-state index in [0.29, 0.717) is 16.4 Å². The summed E-state index contributed by atoms with van der Waals surface area (Å²) in [7, 11) is 0. The van der Waals surface area contributed by atoms with Crippen LogP contribution in [-0.4, -0.2) is 21.0 Å². The third kappa shape index (κ3) is 2.96. The van der Waals surface area contributed by atoms with Crippen molar-refractivity contribution < 1.29 is 9.90 Å². The van der Waals surface area contributed by atoms with Gasteiger partial charge >= 0.3 is 0 Å². The maximum atomic E-state index is 12.3. The normalized spacial score (nSPS) is 19.8. The second-order valence-electron chi connectivity index (χ2n) is 5.46. The summed E-state index contributed by atoms with van der Waals surface area (Å²) in [5.41, 5.74) is 2.98. The smallest absolute Gasteiger partial charge is 0.228 e. The van der Waals surface area contributed by atoms with Gasteiger partial charge in [0.1, 0.15) is 5.15 Å². The lowest BCUT2D eigenvalue weighted by Crippen LogP contribution is -2.16. The lowest BCUT2D eigenvalue weighted by molar-refractivity contribution is -0.117. The molecule has 3 rings (SSSR count). The zero-order valence-corrected chi connectivity index (χ0v) is 12.8. The summed E-state index contributed by atoms with van der Waals surface area (Å²) in [6.45, 7) is 1.74. The molecule has 1 fully saturated rings. The Labute approximate surface area is 133 Å². The van der Waals surface area contributed by atoms with Gasteiger partial charge in [-0.15, -0.1) is 0 Å². The van der Waals surface area contributed by atoms with Crippen molar-refractivity contribution in [2.24, 2.45) is 5.92 Å². The van der Waals surface area contributed by atoms with E-state index in [0.717, 1.165) is 17.7 Å². The lowest BCUT2D eigenvalue weighted by Gasteiger charge is -2.09. The van der Waals surface area contributed by atoms with Crippen LogP contribution in [0.15, 0.2) is 30.6 Å². The Morgan fingerprint density at radius 3 is 3.00 bits per heavy atom. The van der Waals surface area contributed by atoms with E-state index in [1.807, 2.05) is 19.1 Å². The number of rotatable bonds is 4. The molecule has 2 atom stereocenters. The van der Waals surface area contributed by atoms with Crippen molar-refractivity contribution >= 4 is 23.2 Å². The Morgan fingerprint density at radius 2 is 2.27 bits per heavy atom. The average Bonchev–Trinajstić information content (AvgIpc) is 3.28. The lowest BCUT2D eigenvalue weighted by atomic mass is 10.1. The van der Waals surface area contributed by atoms with E-state index >= 15 is 0 Å². The molecular weight excluding hydrogens is 302 g/mol. The summed E-state index contributed by atoms with van der Waals surface area (Å²) < 4.78 is 0. The van der Waals surface area contributed by atoms with Crippen LogP contribution in [0.3, 0.4) is 0 Å². The maximum Gasteiger partial charge on any atom is 0.228 e. The van der Waals surface area contributed by atoms with Crippen LogP contribution in [0.4, 0.5) is 5.69 Å². The van der Waals surface area contributed by atoms with Crippen LogP contribution in [0.2, 0.25) is 5.15 Å². The summed E-state index contributed by atoms with van der Waals surface area (Å²) >= 11 is 6.16. The quantitative estimate of drug-likeness (QED) is 0.850. The number of hydrogen-bond donors (Lipinski definition) is 2. The SMILES string of the molecule is Cc1ccc([C@@H]2C[C@H]2C(=O)Nc2cnccc2CO)c(Cl)n1. The second-order valence-corrected chi connectivity index (χ2v) is 5.82. The number of carbonyl (C=O) groups excluding carboxylic acids is 1. The highest BCUT2D eigenvalue weighted by atomic mass is 35.5. The third-order valence-corrected chi connectivity index (χ3v) is 4.19. The van der Waals surface area contributed by atoms with Crippen molar-refractivity contribution in [1.82, 2.24) is 9.97 Å². The molecule has 1 amide bonds. The van der Waals surface area contributed by atoms with Gasteiger partial charge in [0, 0.05) is 23.4 Å². The van der Waals surface area contributed by atoms with E-state index in [-0.39, 0.29) is 24.3 Å². The molecule has 2 N–H and O–H groups in total. The van der Waals surface area contributed by atoms with Gasteiger partial charge in [-0.1, -0.05) is 17.7 Å². The fraction of sp³-hybridized carbons (Fsp3) is 0.312. The summed E-state index contributed by atoms with van der Waals surface area (Å²) in [5.74, 6) is -0.0899.